The van der Waals surface area contributed by atoms with E-state index in [9.17, 15) is 4.79 Å². The Morgan fingerprint density at radius 1 is 0.875 bits per heavy atom. The largest absolute Gasteiger partial charge is 0.478 e. The van der Waals surface area contributed by atoms with Gasteiger partial charge in [0.1, 0.15) is 17.5 Å². The molecular weight excluding hydrogens is 304 g/mol. The maximum atomic E-state index is 10.9. The van der Waals surface area contributed by atoms with Crippen LogP contribution in [-0.4, -0.2) is 21.0 Å². The smallest absolute Gasteiger partial charge is 0.335 e. The Morgan fingerprint density at radius 2 is 1.42 bits per heavy atom. The molecule has 120 valence electrons. The SMILES string of the molecule is Cc1nc(Nc2ccccc2)cc(Nc2ccc(C(=O)O)cc2)n1. The third-order valence-electron chi connectivity index (χ3n) is 3.29. The molecule has 3 rings (SSSR count). The van der Waals surface area contributed by atoms with Crippen LogP contribution in [0.5, 0.6) is 0 Å². The van der Waals surface area contributed by atoms with Gasteiger partial charge in [0.15, 0.2) is 0 Å². The molecule has 0 saturated carbocycles. The van der Waals surface area contributed by atoms with E-state index in [1.165, 1.54) is 0 Å². The first-order chi connectivity index (χ1) is 11.6. The molecule has 1 heterocycles. The highest BCUT2D eigenvalue weighted by atomic mass is 16.4. The van der Waals surface area contributed by atoms with Gasteiger partial charge in [0.05, 0.1) is 5.56 Å². The Morgan fingerprint density at radius 3 is 1.96 bits per heavy atom. The van der Waals surface area contributed by atoms with Gasteiger partial charge in [0, 0.05) is 17.4 Å². The Balaban J connectivity index is 1.79. The van der Waals surface area contributed by atoms with E-state index in [0.717, 1.165) is 11.4 Å². The first-order valence-corrected chi connectivity index (χ1v) is 7.38. The first kappa shape index (κ1) is 15.5. The molecule has 1 aromatic heterocycles. The molecule has 24 heavy (non-hydrogen) atoms. The molecule has 3 N–H and O–H groups in total. The molecule has 6 nitrogen and oxygen atoms in total. The fourth-order valence-electron chi connectivity index (χ4n) is 2.21. The van der Waals surface area contributed by atoms with E-state index in [-0.39, 0.29) is 5.56 Å². The number of nitrogens with zero attached hydrogens (tertiary/aromatic N) is 2. The van der Waals surface area contributed by atoms with Gasteiger partial charge in [-0.3, -0.25) is 0 Å². The molecule has 2 aromatic carbocycles. The fourth-order valence-corrected chi connectivity index (χ4v) is 2.21. The van der Waals surface area contributed by atoms with Crippen molar-refractivity contribution in [1.29, 1.82) is 0 Å². The highest BCUT2D eigenvalue weighted by molar-refractivity contribution is 5.88. The van der Waals surface area contributed by atoms with E-state index < -0.39 is 5.97 Å². The quantitative estimate of drug-likeness (QED) is 0.659. The second kappa shape index (κ2) is 6.78. The minimum absolute atomic E-state index is 0.242. The molecule has 0 radical (unpaired) electrons. The van der Waals surface area contributed by atoms with Crippen molar-refractivity contribution >= 4 is 29.0 Å². The molecule has 0 unspecified atom stereocenters. The maximum absolute atomic E-state index is 10.9. The lowest BCUT2D eigenvalue weighted by Gasteiger charge is -2.10. The summed E-state index contributed by atoms with van der Waals surface area (Å²) in [5.41, 5.74) is 1.93. The third kappa shape index (κ3) is 3.86. The predicted octanol–water partition coefficient (Wildman–Crippen LogP) is 3.97. The molecule has 0 aliphatic carbocycles. The summed E-state index contributed by atoms with van der Waals surface area (Å²) in [5, 5.41) is 15.3. The van der Waals surface area contributed by atoms with Gasteiger partial charge in [-0.25, -0.2) is 14.8 Å². The number of rotatable bonds is 5. The van der Waals surface area contributed by atoms with Crippen molar-refractivity contribution in [2.75, 3.05) is 10.6 Å². The van der Waals surface area contributed by atoms with Gasteiger partial charge in [0.25, 0.3) is 0 Å². The number of nitrogens with one attached hydrogen (secondary N) is 2. The van der Waals surface area contributed by atoms with Crippen LogP contribution in [0, 0.1) is 6.92 Å². The number of anilines is 4. The maximum Gasteiger partial charge on any atom is 0.335 e. The Labute approximate surface area is 139 Å². The highest BCUT2D eigenvalue weighted by Crippen LogP contribution is 2.20. The lowest BCUT2D eigenvalue weighted by Crippen LogP contribution is -2.02. The second-order valence-corrected chi connectivity index (χ2v) is 5.18. The van der Waals surface area contributed by atoms with Crippen LogP contribution in [0.3, 0.4) is 0 Å². The minimum atomic E-state index is -0.950. The summed E-state index contributed by atoms with van der Waals surface area (Å²) in [6.45, 7) is 1.81. The van der Waals surface area contributed by atoms with E-state index in [4.69, 9.17) is 5.11 Å². The number of hydrogen-bond donors (Lipinski definition) is 3. The van der Waals surface area contributed by atoms with Crippen LogP contribution < -0.4 is 10.6 Å². The predicted molar refractivity (Wildman–Crippen MR) is 93.2 cm³/mol. The van der Waals surface area contributed by atoms with Crippen molar-refractivity contribution < 1.29 is 9.90 Å². The number of hydrogen-bond acceptors (Lipinski definition) is 5. The van der Waals surface area contributed by atoms with E-state index in [0.29, 0.717) is 17.5 Å². The summed E-state index contributed by atoms with van der Waals surface area (Å²) in [7, 11) is 0. The van der Waals surface area contributed by atoms with Crippen LogP contribution in [0.2, 0.25) is 0 Å². The Hall–Kier alpha value is -3.41. The lowest BCUT2D eigenvalue weighted by molar-refractivity contribution is 0.0697. The first-order valence-electron chi connectivity index (χ1n) is 7.38. The number of para-hydroxylation sites is 1. The van der Waals surface area contributed by atoms with E-state index in [1.807, 2.05) is 37.3 Å². The zero-order valence-corrected chi connectivity index (χ0v) is 13.0. The number of aromatic carboxylic acids is 1. The summed E-state index contributed by atoms with van der Waals surface area (Å²) in [4.78, 5) is 19.6. The molecule has 0 amide bonds. The zero-order valence-electron chi connectivity index (χ0n) is 13.0. The van der Waals surface area contributed by atoms with Crippen molar-refractivity contribution in [2.24, 2.45) is 0 Å². The van der Waals surface area contributed by atoms with Gasteiger partial charge in [-0.2, -0.15) is 0 Å². The minimum Gasteiger partial charge on any atom is -0.478 e. The summed E-state index contributed by atoms with van der Waals surface area (Å²) in [5.74, 6) is 0.983. The molecule has 3 aromatic rings. The molecular formula is C18H16N4O2. The number of carboxylic acid groups (broad SMARTS) is 1. The highest BCUT2D eigenvalue weighted by Gasteiger charge is 2.05. The Bertz CT molecular complexity index is 849. The third-order valence-corrected chi connectivity index (χ3v) is 3.29. The van der Waals surface area contributed by atoms with Crippen LogP contribution in [0.15, 0.2) is 60.7 Å². The zero-order chi connectivity index (χ0) is 16.9. The molecule has 0 fully saturated rings. The number of carboxylic acids is 1. The second-order valence-electron chi connectivity index (χ2n) is 5.18. The van der Waals surface area contributed by atoms with Crippen LogP contribution in [-0.2, 0) is 0 Å². The van der Waals surface area contributed by atoms with Crippen LogP contribution in [0.1, 0.15) is 16.2 Å². The van der Waals surface area contributed by atoms with E-state index >= 15 is 0 Å². The van der Waals surface area contributed by atoms with Crippen molar-refractivity contribution in [2.45, 2.75) is 6.92 Å². The normalized spacial score (nSPS) is 10.2. The molecule has 0 saturated heterocycles. The van der Waals surface area contributed by atoms with Gasteiger partial charge >= 0.3 is 5.97 Å². The summed E-state index contributed by atoms with van der Waals surface area (Å²) < 4.78 is 0. The van der Waals surface area contributed by atoms with E-state index in [2.05, 4.69) is 20.6 Å². The monoisotopic (exact) mass is 320 g/mol. The summed E-state index contributed by atoms with van der Waals surface area (Å²) in [6, 6.07) is 18.0. The van der Waals surface area contributed by atoms with Crippen LogP contribution in [0.25, 0.3) is 0 Å². The van der Waals surface area contributed by atoms with Crippen LogP contribution in [0.4, 0.5) is 23.0 Å². The number of aryl methyl sites for hydroxylation is 1. The standard InChI is InChI=1S/C18H16N4O2/c1-12-19-16(21-14-5-3-2-4-6-14)11-17(20-12)22-15-9-7-13(8-10-15)18(23)24/h2-11H,1H3,(H,23,24)(H2,19,20,21,22). The van der Waals surface area contributed by atoms with Gasteiger partial charge < -0.3 is 15.7 Å². The average molecular weight is 320 g/mol. The number of aromatic nitrogens is 2. The van der Waals surface area contributed by atoms with Gasteiger partial charge in [-0.1, -0.05) is 18.2 Å². The van der Waals surface area contributed by atoms with Crippen molar-refractivity contribution in [3.63, 3.8) is 0 Å². The molecule has 0 atom stereocenters. The summed E-state index contributed by atoms with van der Waals surface area (Å²) >= 11 is 0. The van der Waals surface area contributed by atoms with Gasteiger partial charge in [0.2, 0.25) is 0 Å². The lowest BCUT2D eigenvalue weighted by atomic mass is 10.2. The Kier molecular flexibility index (Phi) is 4.38. The topological polar surface area (TPSA) is 87.1 Å². The van der Waals surface area contributed by atoms with E-state index in [1.54, 1.807) is 30.3 Å². The number of carbonyl (C=O) groups is 1. The molecule has 0 aliphatic heterocycles. The molecule has 0 aliphatic rings. The van der Waals surface area contributed by atoms with Gasteiger partial charge in [-0.05, 0) is 43.3 Å². The summed E-state index contributed by atoms with van der Waals surface area (Å²) in [6.07, 6.45) is 0. The van der Waals surface area contributed by atoms with Crippen LogP contribution >= 0.6 is 0 Å². The average Bonchev–Trinajstić information content (AvgIpc) is 2.55. The van der Waals surface area contributed by atoms with Crippen molar-refractivity contribution in [1.82, 2.24) is 9.97 Å². The number of benzene rings is 2. The molecule has 0 bridgehead atoms. The molecule has 6 heteroatoms. The van der Waals surface area contributed by atoms with Crippen molar-refractivity contribution in [3.05, 3.63) is 72.1 Å². The molecule has 0 spiro atoms. The van der Waals surface area contributed by atoms with Crippen molar-refractivity contribution in [3.8, 4) is 0 Å². The van der Waals surface area contributed by atoms with Gasteiger partial charge in [-0.15, -0.1) is 0 Å². The fraction of sp³-hybridized carbons (Fsp3) is 0.0556.